The van der Waals surface area contributed by atoms with Crippen molar-refractivity contribution in [1.82, 2.24) is 19.2 Å². The third kappa shape index (κ3) is 3.76. The summed E-state index contributed by atoms with van der Waals surface area (Å²) >= 11 is 7.61. The van der Waals surface area contributed by atoms with E-state index in [0.717, 1.165) is 16.6 Å². The molecule has 0 radical (unpaired) electrons. The van der Waals surface area contributed by atoms with Crippen LogP contribution in [0.4, 0.5) is 4.39 Å². The van der Waals surface area contributed by atoms with Crippen molar-refractivity contribution in [2.45, 2.75) is 38.2 Å². The van der Waals surface area contributed by atoms with Gasteiger partial charge in [-0.25, -0.2) is 4.39 Å². The van der Waals surface area contributed by atoms with Crippen molar-refractivity contribution >= 4 is 40.0 Å². The van der Waals surface area contributed by atoms with Gasteiger partial charge in [0.15, 0.2) is 5.16 Å². The Bertz CT molecular complexity index is 1280. The molecule has 2 heterocycles. The lowest BCUT2D eigenvalue weighted by atomic mass is 10.1. The lowest BCUT2D eigenvalue weighted by Crippen LogP contribution is -2.25. The molecule has 0 amide bonds. The second-order valence-electron chi connectivity index (χ2n) is 7.47. The number of hydrogen-bond acceptors (Lipinski definition) is 4. The summed E-state index contributed by atoms with van der Waals surface area (Å²) < 4.78 is 16.9. The number of rotatable bonds is 5. The molecule has 0 N–H and O–H groups in total. The lowest BCUT2D eigenvalue weighted by Gasteiger charge is -2.13. The third-order valence-electron chi connectivity index (χ3n) is 4.65. The quantitative estimate of drug-likeness (QED) is 0.413. The van der Waals surface area contributed by atoms with Gasteiger partial charge >= 0.3 is 0 Å². The van der Waals surface area contributed by atoms with Crippen LogP contribution in [0.25, 0.3) is 16.7 Å². The van der Waals surface area contributed by atoms with Gasteiger partial charge < -0.3 is 0 Å². The average Bonchev–Trinajstić information content (AvgIpc) is 3.08. The average molecular weight is 431 g/mol. The summed E-state index contributed by atoms with van der Waals surface area (Å²) in [4.78, 5) is 13.1. The van der Waals surface area contributed by atoms with Crippen LogP contribution in [0.5, 0.6) is 0 Å². The Kier molecular flexibility index (Phi) is 5.36. The highest BCUT2D eigenvalue weighted by Crippen LogP contribution is 2.28. The summed E-state index contributed by atoms with van der Waals surface area (Å²) in [5.41, 5.74) is 2.54. The van der Waals surface area contributed by atoms with Crippen LogP contribution in [0.3, 0.4) is 0 Å². The number of hydrogen-bond donors (Lipinski definition) is 0. The first kappa shape index (κ1) is 19.9. The molecule has 2 aromatic heterocycles. The van der Waals surface area contributed by atoms with Crippen LogP contribution < -0.4 is 5.56 Å². The van der Waals surface area contributed by atoms with Gasteiger partial charge in [0.1, 0.15) is 5.82 Å². The second-order valence-corrected chi connectivity index (χ2v) is 8.82. The minimum Gasteiger partial charge on any atom is -0.276 e. The molecule has 2 aromatic carbocycles. The Morgan fingerprint density at radius 1 is 1.17 bits per heavy atom. The molecule has 0 aliphatic heterocycles. The highest BCUT2D eigenvalue weighted by atomic mass is 35.5. The third-order valence-corrected chi connectivity index (χ3v) is 5.98. The summed E-state index contributed by atoms with van der Waals surface area (Å²) in [5, 5.41) is 10.3. The van der Waals surface area contributed by atoms with Crippen molar-refractivity contribution in [3.8, 4) is 0 Å². The monoisotopic (exact) mass is 430 g/mol. The van der Waals surface area contributed by atoms with E-state index in [1.807, 2.05) is 29.5 Å². The summed E-state index contributed by atoms with van der Waals surface area (Å²) in [5.74, 6) is 0.949. The van der Waals surface area contributed by atoms with E-state index in [1.54, 1.807) is 10.6 Å². The Morgan fingerprint density at radius 3 is 2.69 bits per heavy atom. The molecule has 4 aromatic rings. The molecule has 8 heteroatoms. The minimum atomic E-state index is -0.365. The highest BCUT2D eigenvalue weighted by Gasteiger charge is 2.18. The largest absolute Gasteiger partial charge is 0.276 e. The maximum atomic E-state index is 13.3. The molecule has 0 fully saturated rings. The summed E-state index contributed by atoms with van der Waals surface area (Å²) in [6.07, 6.45) is 0. The molecular weight excluding hydrogens is 411 g/mol. The van der Waals surface area contributed by atoms with Crippen LogP contribution in [0.1, 0.15) is 25.0 Å². The fourth-order valence-corrected chi connectivity index (χ4v) is 4.56. The number of halogens is 2. The van der Waals surface area contributed by atoms with Crippen LogP contribution in [0.15, 0.2) is 46.3 Å². The Balaban J connectivity index is 1.86. The number of aryl methyl sites for hydroxylation is 1. The molecule has 5 nitrogen and oxygen atoms in total. The molecule has 0 unspecified atom stereocenters. The Morgan fingerprint density at radius 2 is 1.97 bits per heavy atom. The van der Waals surface area contributed by atoms with Gasteiger partial charge in [0.2, 0.25) is 5.78 Å². The van der Waals surface area contributed by atoms with Gasteiger partial charge in [0.25, 0.3) is 5.56 Å². The molecule has 0 aliphatic carbocycles. The molecule has 0 saturated heterocycles. The zero-order valence-corrected chi connectivity index (χ0v) is 17.9. The normalized spacial score (nSPS) is 11.8. The fourth-order valence-electron chi connectivity index (χ4n) is 3.30. The van der Waals surface area contributed by atoms with Crippen LogP contribution in [0.2, 0.25) is 5.02 Å². The van der Waals surface area contributed by atoms with Crippen molar-refractivity contribution in [3.05, 3.63) is 68.7 Å². The van der Waals surface area contributed by atoms with Gasteiger partial charge in [0.05, 0.1) is 10.9 Å². The first-order valence-corrected chi connectivity index (χ1v) is 10.7. The summed E-state index contributed by atoms with van der Waals surface area (Å²) in [6, 6.07) is 10.2. The molecular formula is C21H20ClFN4OS. The molecule has 0 spiro atoms. The van der Waals surface area contributed by atoms with E-state index in [0.29, 0.717) is 33.6 Å². The maximum Gasteiger partial charge on any atom is 0.262 e. The van der Waals surface area contributed by atoms with E-state index in [2.05, 4.69) is 24.0 Å². The van der Waals surface area contributed by atoms with E-state index in [4.69, 9.17) is 11.6 Å². The van der Waals surface area contributed by atoms with Crippen molar-refractivity contribution in [3.63, 3.8) is 0 Å². The van der Waals surface area contributed by atoms with Gasteiger partial charge in [-0.05, 0) is 42.7 Å². The number of benzene rings is 2. The van der Waals surface area contributed by atoms with Gasteiger partial charge in [-0.1, -0.05) is 54.9 Å². The lowest BCUT2D eigenvalue weighted by molar-refractivity contribution is 0.517. The van der Waals surface area contributed by atoms with Crippen LogP contribution in [-0.4, -0.2) is 19.2 Å². The van der Waals surface area contributed by atoms with Crippen LogP contribution in [-0.2, 0) is 12.3 Å². The predicted molar refractivity (Wildman–Crippen MR) is 115 cm³/mol. The maximum absolute atomic E-state index is 13.3. The second kappa shape index (κ2) is 7.80. The standard InChI is InChI=1S/C21H20ClFN4OS/c1-12(2)10-26-19(28)16-8-13(3)4-7-18(16)27-20(26)24-25-21(27)29-11-14-5-6-15(23)9-17(14)22/h4-9,12H,10-11H2,1-3H3. The van der Waals surface area contributed by atoms with E-state index >= 15 is 0 Å². The van der Waals surface area contributed by atoms with Crippen LogP contribution in [0, 0.1) is 18.7 Å². The predicted octanol–water partition coefficient (Wildman–Crippen LogP) is 5.09. The molecule has 0 atom stereocenters. The van der Waals surface area contributed by atoms with Gasteiger partial charge in [-0.2, -0.15) is 0 Å². The highest BCUT2D eigenvalue weighted by molar-refractivity contribution is 7.98. The number of fused-ring (bicyclic) bond motifs is 3. The van der Waals surface area contributed by atoms with E-state index in [1.165, 1.54) is 23.9 Å². The molecule has 0 saturated carbocycles. The Labute approximate surface area is 176 Å². The van der Waals surface area contributed by atoms with Gasteiger partial charge in [0, 0.05) is 17.3 Å². The van der Waals surface area contributed by atoms with Crippen molar-refractivity contribution < 1.29 is 4.39 Å². The molecule has 0 aliphatic rings. The summed E-state index contributed by atoms with van der Waals surface area (Å²) in [6.45, 7) is 6.64. The Hall–Kier alpha value is -2.38. The molecule has 0 bridgehead atoms. The van der Waals surface area contributed by atoms with E-state index in [9.17, 15) is 9.18 Å². The SMILES string of the molecule is Cc1ccc2c(c1)c(=O)n(CC(C)C)c1nnc(SCc3ccc(F)cc3Cl)n21. The van der Waals surface area contributed by atoms with Crippen molar-refractivity contribution in [2.24, 2.45) is 5.92 Å². The van der Waals surface area contributed by atoms with E-state index < -0.39 is 0 Å². The first-order valence-electron chi connectivity index (χ1n) is 9.30. The number of thioether (sulfide) groups is 1. The molecule has 29 heavy (non-hydrogen) atoms. The van der Waals surface area contributed by atoms with Gasteiger partial charge in [-0.3, -0.25) is 13.8 Å². The minimum absolute atomic E-state index is 0.0598. The molecule has 150 valence electrons. The molecule has 4 rings (SSSR count). The van der Waals surface area contributed by atoms with E-state index in [-0.39, 0.29) is 17.3 Å². The number of aromatic nitrogens is 4. The fraction of sp³-hybridized carbons (Fsp3) is 0.286. The van der Waals surface area contributed by atoms with Crippen LogP contribution >= 0.6 is 23.4 Å². The zero-order chi connectivity index (χ0) is 20.7. The van der Waals surface area contributed by atoms with Crippen molar-refractivity contribution in [1.29, 1.82) is 0 Å². The van der Waals surface area contributed by atoms with Gasteiger partial charge in [-0.15, -0.1) is 10.2 Å². The summed E-state index contributed by atoms with van der Waals surface area (Å²) in [7, 11) is 0. The smallest absolute Gasteiger partial charge is 0.262 e. The first-order chi connectivity index (χ1) is 13.8. The zero-order valence-electron chi connectivity index (χ0n) is 16.3. The van der Waals surface area contributed by atoms with Crippen molar-refractivity contribution in [2.75, 3.05) is 0 Å². The topological polar surface area (TPSA) is 52.2 Å². The number of nitrogens with zero attached hydrogens (tertiary/aromatic N) is 4.